The van der Waals surface area contributed by atoms with E-state index in [1.807, 2.05) is 6.07 Å². The van der Waals surface area contributed by atoms with E-state index < -0.39 is 0 Å². The number of nitriles is 1. The van der Waals surface area contributed by atoms with Gasteiger partial charge >= 0.3 is 0 Å². The highest BCUT2D eigenvalue weighted by molar-refractivity contribution is 5.47. The third kappa shape index (κ3) is 2.79. The van der Waals surface area contributed by atoms with Crippen molar-refractivity contribution in [1.82, 2.24) is 0 Å². The maximum atomic E-state index is 9.80. The van der Waals surface area contributed by atoms with Gasteiger partial charge in [-0.25, -0.2) is 0 Å². The van der Waals surface area contributed by atoms with E-state index in [1.165, 1.54) is 5.56 Å². The minimum atomic E-state index is 0. The Morgan fingerprint density at radius 1 is 1.53 bits per heavy atom. The van der Waals surface area contributed by atoms with Crippen LogP contribution >= 0.6 is 0 Å². The van der Waals surface area contributed by atoms with E-state index in [0.29, 0.717) is 12.3 Å². The van der Waals surface area contributed by atoms with Crippen molar-refractivity contribution in [2.75, 3.05) is 27.2 Å². The standard InChI is InChI=1S/C14H18N2O2.HI/c1-10-12-9-14(18-3)13(17)8-11(12)4-6-16(10,2)7-5-15;/h8-10H,4,6-7H2,1-3H3;1H. The van der Waals surface area contributed by atoms with Gasteiger partial charge in [-0.1, -0.05) is 0 Å². The molecule has 2 unspecified atom stereocenters. The number of hydrogen-bond acceptors (Lipinski definition) is 3. The van der Waals surface area contributed by atoms with E-state index in [1.54, 1.807) is 13.2 Å². The SMILES string of the molecule is COc1cc2c(cc1O)CC[N+](C)(CC#N)C2C.[I-]. The van der Waals surface area contributed by atoms with Crippen molar-refractivity contribution in [2.45, 2.75) is 19.4 Å². The number of rotatable bonds is 2. The fourth-order valence-electron chi connectivity index (χ4n) is 2.68. The lowest BCUT2D eigenvalue weighted by molar-refractivity contribution is -0.933. The molecular formula is C14H19IN2O2. The highest BCUT2D eigenvalue weighted by atomic mass is 127. The first-order chi connectivity index (χ1) is 8.51. The van der Waals surface area contributed by atoms with E-state index in [2.05, 4.69) is 20.0 Å². The third-order valence-corrected chi connectivity index (χ3v) is 4.15. The van der Waals surface area contributed by atoms with Gasteiger partial charge in [0.15, 0.2) is 18.0 Å². The summed E-state index contributed by atoms with van der Waals surface area (Å²) in [5.74, 6) is 0.700. The highest BCUT2D eigenvalue weighted by Gasteiger charge is 2.36. The molecule has 0 fully saturated rings. The molecule has 0 amide bonds. The van der Waals surface area contributed by atoms with Crippen LogP contribution in [0.2, 0.25) is 0 Å². The smallest absolute Gasteiger partial charge is 0.166 e. The summed E-state index contributed by atoms with van der Waals surface area (Å²) in [7, 11) is 3.66. The van der Waals surface area contributed by atoms with Crippen LogP contribution in [0.3, 0.4) is 0 Å². The van der Waals surface area contributed by atoms with Gasteiger partial charge in [-0.2, -0.15) is 5.26 Å². The number of fused-ring (bicyclic) bond motifs is 1. The average Bonchev–Trinajstić information content (AvgIpc) is 2.34. The lowest BCUT2D eigenvalue weighted by atomic mass is 9.91. The Kier molecular flexibility index (Phi) is 5.04. The zero-order chi connectivity index (χ0) is 13.3. The Balaban J connectivity index is 0.00000180. The Labute approximate surface area is 131 Å². The monoisotopic (exact) mass is 374 g/mol. The molecule has 104 valence electrons. The number of nitrogens with zero attached hydrogens (tertiary/aromatic N) is 2. The Hall–Kier alpha value is -1.00. The van der Waals surface area contributed by atoms with Crippen LogP contribution in [-0.2, 0) is 6.42 Å². The maximum Gasteiger partial charge on any atom is 0.166 e. The highest BCUT2D eigenvalue weighted by Crippen LogP contribution is 2.39. The second kappa shape index (κ2) is 5.97. The predicted octanol–water partition coefficient (Wildman–Crippen LogP) is -1.01. The summed E-state index contributed by atoms with van der Waals surface area (Å²) in [4.78, 5) is 0. The van der Waals surface area contributed by atoms with Gasteiger partial charge in [0, 0.05) is 12.0 Å². The second-order valence-electron chi connectivity index (χ2n) is 5.17. The van der Waals surface area contributed by atoms with E-state index in [9.17, 15) is 5.11 Å². The average molecular weight is 374 g/mol. The number of methoxy groups -OCH3 is 1. The first-order valence-electron chi connectivity index (χ1n) is 6.13. The number of phenols is 1. The van der Waals surface area contributed by atoms with Gasteiger partial charge in [-0.15, -0.1) is 0 Å². The zero-order valence-electron chi connectivity index (χ0n) is 11.5. The van der Waals surface area contributed by atoms with Crippen LogP contribution in [0.4, 0.5) is 0 Å². The van der Waals surface area contributed by atoms with Crippen LogP contribution in [-0.4, -0.2) is 36.8 Å². The summed E-state index contributed by atoms with van der Waals surface area (Å²) in [6.45, 7) is 3.56. The second-order valence-corrected chi connectivity index (χ2v) is 5.17. The number of phenolic OH excluding ortho intramolecular Hbond substituents is 1. The van der Waals surface area contributed by atoms with E-state index in [4.69, 9.17) is 10.00 Å². The minimum Gasteiger partial charge on any atom is -1.00 e. The van der Waals surface area contributed by atoms with Crippen molar-refractivity contribution in [3.63, 3.8) is 0 Å². The molecule has 2 atom stereocenters. The van der Waals surface area contributed by atoms with E-state index in [-0.39, 0.29) is 35.8 Å². The van der Waals surface area contributed by atoms with Crippen LogP contribution in [0.25, 0.3) is 0 Å². The van der Waals surface area contributed by atoms with Crippen molar-refractivity contribution < 1.29 is 38.3 Å². The summed E-state index contributed by atoms with van der Waals surface area (Å²) in [5, 5.41) is 18.8. The molecule has 0 aromatic heterocycles. The summed E-state index contributed by atoms with van der Waals surface area (Å²) in [6.07, 6.45) is 0.884. The van der Waals surface area contributed by atoms with Crippen molar-refractivity contribution in [3.8, 4) is 17.6 Å². The molecular weight excluding hydrogens is 355 g/mol. The molecule has 0 saturated heterocycles. The fraction of sp³-hybridized carbons (Fsp3) is 0.500. The molecule has 1 aliphatic heterocycles. The Morgan fingerprint density at radius 2 is 2.21 bits per heavy atom. The van der Waals surface area contributed by atoms with Crippen molar-refractivity contribution in [3.05, 3.63) is 23.3 Å². The van der Waals surface area contributed by atoms with Gasteiger partial charge in [-0.05, 0) is 24.6 Å². The summed E-state index contributed by atoms with van der Waals surface area (Å²) in [6, 6.07) is 6.21. The van der Waals surface area contributed by atoms with Gasteiger partial charge in [-0.3, -0.25) is 0 Å². The summed E-state index contributed by atoms with van der Waals surface area (Å²) in [5.41, 5.74) is 2.34. The lowest BCUT2D eigenvalue weighted by Gasteiger charge is -2.42. The largest absolute Gasteiger partial charge is 1.00 e. The van der Waals surface area contributed by atoms with Gasteiger partial charge in [0.1, 0.15) is 12.1 Å². The molecule has 0 aliphatic carbocycles. The molecule has 5 heteroatoms. The first kappa shape index (κ1) is 16.1. The first-order valence-corrected chi connectivity index (χ1v) is 6.13. The topological polar surface area (TPSA) is 53.2 Å². The minimum absolute atomic E-state index is 0. The lowest BCUT2D eigenvalue weighted by Crippen LogP contribution is -3.00. The Morgan fingerprint density at radius 3 is 2.79 bits per heavy atom. The molecule has 19 heavy (non-hydrogen) atoms. The number of likely N-dealkylation sites (N-methyl/N-ethyl adjacent to an activating group) is 1. The van der Waals surface area contributed by atoms with Gasteiger partial charge in [0.05, 0.1) is 20.7 Å². The van der Waals surface area contributed by atoms with Crippen LogP contribution in [0, 0.1) is 11.3 Å². The van der Waals surface area contributed by atoms with Gasteiger partial charge < -0.3 is 38.3 Å². The number of benzene rings is 1. The van der Waals surface area contributed by atoms with E-state index >= 15 is 0 Å². The molecule has 1 aromatic carbocycles. The number of quaternary nitrogens is 1. The molecule has 1 aliphatic rings. The number of halogens is 1. The van der Waals surface area contributed by atoms with Crippen LogP contribution in [0.15, 0.2) is 12.1 Å². The number of ether oxygens (including phenoxy) is 1. The molecule has 0 spiro atoms. The molecule has 1 heterocycles. The molecule has 0 radical (unpaired) electrons. The van der Waals surface area contributed by atoms with Gasteiger partial charge in [0.2, 0.25) is 0 Å². The van der Waals surface area contributed by atoms with Gasteiger partial charge in [0.25, 0.3) is 0 Å². The molecule has 0 saturated carbocycles. The number of hydrogen-bond donors (Lipinski definition) is 1. The molecule has 4 nitrogen and oxygen atoms in total. The molecule has 1 N–H and O–H groups in total. The summed E-state index contributed by atoms with van der Waals surface area (Å²) >= 11 is 0. The van der Waals surface area contributed by atoms with E-state index in [0.717, 1.165) is 23.0 Å². The van der Waals surface area contributed by atoms with Crippen LogP contribution in [0.5, 0.6) is 11.5 Å². The normalized spacial score (nSPS) is 24.8. The number of aromatic hydroxyl groups is 1. The fourth-order valence-corrected chi connectivity index (χ4v) is 2.68. The van der Waals surface area contributed by atoms with Crippen LogP contribution in [0.1, 0.15) is 24.1 Å². The predicted molar refractivity (Wildman–Crippen MR) is 68.3 cm³/mol. The zero-order valence-corrected chi connectivity index (χ0v) is 13.6. The van der Waals surface area contributed by atoms with Crippen molar-refractivity contribution in [1.29, 1.82) is 5.26 Å². The molecule has 1 aromatic rings. The Bertz CT molecular complexity index is 513. The quantitative estimate of drug-likeness (QED) is 0.410. The molecule has 0 bridgehead atoms. The molecule has 2 rings (SSSR count). The maximum absolute atomic E-state index is 9.80. The summed E-state index contributed by atoms with van der Waals surface area (Å²) < 4.78 is 5.89. The van der Waals surface area contributed by atoms with Crippen LogP contribution < -0.4 is 28.7 Å². The third-order valence-electron chi connectivity index (χ3n) is 4.15. The van der Waals surface area contributed by atoms with Crippen molar-refractivity contribution in [2.24, 2.45) is 0 Å². The van der Waals surface area contributed by atoms with Crippen molar-refractivity contribution >= 4 is 0 Å².